The van der Waals surface area contributed by atoms with Gasteiger partial charge < -0.3 is 25.1 Å². The van der Waals surface area contributed by atoms with E-state index >= 15 is 0 Å². The maximum atomic E-state index is 9.73. The Balaban J connectivity index is 2.54. The maximum absolute atomic E-state index is 9.73. The molecule has 3 aromatic rings. The van der Waals surface area contributed by atoms with Gasteiger partial charge in [0.25, 0.3) is 0 Å². The highest BCUT2D eigenvalue weighted by atomic mass is 16.5. The molecule has 1 aromatic carbocycles. The van der Waals surface area contributed by atoms with Gasteiger partial charge in [-0.05, 0) is 70.0 Å². The van der Waals surface area contributed by atoms with E-state index < -0.39 is 0 Å². The summed E-state index contributed by atoms with van der Waals surface area (Å²) in [4.78, 5) is 0. The molecule has 0 atom stereocenters. The van der Waals surface area contributed by atoms with Crippen molar-refractivity contribution in [2.45, 2.75) is 34.6 Å². The van der Waals surface area contributed by atoms with Gasteiger partial charge in [-0.25, -0.2) is 0 Å². The highest BCUT2D eigenvalue weighted by Crippen LogP contribution is 2.38. The van der Waals surface area contributed by atoms with Crippen LogP contribution in [0.3, 0.4) is 0 Å². The Bertz CT molecular complexity index is 1060. The third-order valence-electron chi connectivity index (χ3n) is 4.60. The largest absolute Gasteiger partial charge is 0.508 e. The maximum Gasteiger partial charge on any atom is 0.187 e. The van der Waals surface area contributed by atoms with E-state index in [0.29, 0.717) is 17.1 Å². The molecule has 3 rings (SSSR count). The van der Waals surface area contributed by atoms with E-state index in [4.69, 9.17) is 10.3 Å². The molecule has 0 aliphatic carbocycles. The lowest BCUT2D eigenvalue weighted by Crippen LogP contribution is -2.19. The number of amidine groups is 1. The highest BCUT2D eigenvalue weighted by molar-refractivity contribution is 6.01. The fourth-order valence-electron chi connectivity index (χ4n) is 3.45. The summed E-state index contributed by atoms with van der Waals surface area (Å²) >= 11 is 0. The average Bonchev–Trinajstić information content (AvgIpc) is 3.11. The Morgan fingerprint density at radius 2 is 1.82 bits per heavy atom. The van der Waals surface area contributed by atoms with Crippen LogP contribution in [0.5, 0.6) is 5.75 Å². The Morgan fingerprint density at radius 3 is 2.32 bits per heavy atom. The topological polar surface area (TPSA) is 110 Å². The molecule has 0 saturated heterocycles. The summed E-state index contributed by atoms with van der Waals surface area (Å²) in [6.07, 6.45) is 2.06. The molecule has 2 aromatic heterocycles. The van der Waals surface area contributed by atoms with Gasteiger partial charge in [0, 0.05) is 5.56 Å². The van der Waals surface area contributed by atoms with E-state index in [1.54, 1.807) is 12.1 Å². The zero-order valence-electron chi connectivity index (χ0n) is 16.6. The van der Waals surface area contributed by atoms with Crippen LogP contribution in [0.4, 0.5) is 0 Å². The summed E-state index contributed by atoms with van der Waals surface area (Å²) in [5, 5.41) is 26.5. The molecule has 7 nitrogen and oxygen atoms in total. The molecular formula is C21H24N4O3. The van der Waals surface area contributed by atoms with E-state index in [2.05, 4.69) is 16.4 Å². The van der Waals surface area contributed by atoms with E-state index in [1.807, 2.05) is 51.3 Å². The number of phenolic OH excluding ortho intramolecular Hbond substituents is 1. The van der Waals surface area contributed by atoms with Crippen LogP contribution in [-0.4, -0.2) is 25.9 Å². The summed E-state index contributed by atoms with van der Waals surface area (Å²) in [6.45, 7) is 9.62. The molecule has 0 spiro atoms. The summed E-state index contributed by atoms with van der Waals surface area (Å²) in [5.41, 5.74) is 12.7. The number of allylic oxidation sites excluding steroid dienone is 1. The lowest BCUT2D eigenvalue weighted by Gasteiger charge is -2.14. The molecule has 28 heavy (non-hydrogen) atoms. The minimum Gasteiger partial charge on any atom is -0.508 e. The van der Waals surface area contributed by atoms with E-state index in [0.717, 1.165) is 33.6 Å². The van der Waals surface area contributed by atoms with Crippen molar-refractivity contribution >= 4 is 11.9 Å². The molecule has 2 heterocycles. The monoisotopic (exact) mass is 380 g/mol. The number of aromatic nitrogens is 2. The normalized spacial score (nSPS) is 11.7. The minimum absolute atomic E-state index is 0.00839. The first-order chi connectivity index (χ1) is 13.3. The Hall–Kier alpha value is -3.48. The molecule has 0 fully saturated rings. The number of hydrogen-bond acceptors (Lipinski definition) is 5. The van der Waals surface area contributed by atoms with E-state index in [1.165, 1.54) is 0 Å². The molecule has 4 N–H and O–H groups in total. The van der Waals surface area contributed by atoms with Gasteiger partial charge >= 0.3 is 0 Å². The highest BCUT2D eigenvalue weighted by Gasteiger charge is 2.27. The molecule has 7 heteroatoms. The molecule has 0 aliphatic heterocycles. The molecular weight excluding hydrogens is 356 g/mol. The number of aryl methyl sites for hydroxylation is 2. The van der Waals surface area contributed by atoms with Crippen molar-refractivity contribution in [3.05, 3.63) is 58.1 Å². The van der Waals surface area contributed by atoms with Crippen LogP contribution in [0.25, 0.3) is 23.0 Å². The SMILES string of the molecule is CC(C)=Cc1c(C)c(C(N)=NO)n(-c2c(C)noc2C)c1-c1ccc(O)cc1. The van der Waals surface area contributed by atoms with Crippen LogP contribution < -0.4 is 5.73 Å². The van der Waals surface area contributed by atoms with Crippen molar-refractivity contribution in [1.29, 1.82) is 0 Å². The second kappa shape index (κ2) is 7.26. The minimum atomic E-state index is -0.00839. The molecule has 0 saturated carbocycles. The number of benzene rings is 1. The van der Waals surface area contributed by atoms with Crippen molar-refractivity contribution < 1.29 is 14.8 Å². The van der Waals surface area contributed by atoms with Crippen LogP contribution in [0, 0.1) is 20.8 Å². The van der Waals surface area contributed by atoms with Gasteiger partial charge in [-0.15, -0.1) is 0 Å². The predicted octanol–water partition coefficient (Wildman–Crippen LogP) is 4.28. The number of aromatic hydroxyl groups is 1. The zero-order chi connectivity index (χ0) is 20.6. The van der Waals surface area contributed by atoms with Crippen molar-refractivity contribution in [1.82, 2.24) is 9.72 Å². The van der Waals surface area contributed by atoms with Crippen LogP contribution in [0.2, 0.25) is 0 Å². The first-order valence-electron chi connectivity index (χ1n) is 8.87. The summed E-state index contributed by atoms with van der Waals surface area (Å²) in [6, 6.07) is 6.92. The fraction of sp³-hybridized carbons (Fsp3) is 0.238. The molecule has 0 unspecified atom stereocenters. The second-order valence-corrected chi connectivity index (χ2v) is 7.00. The third-order valence-corrected chi connectivity index (χ3v) is 4.60. The van der Waals surface area contributed by atoms with Crippen molar-refractivity contribution in [2.75, 3.05) is 0 Å². The van der Waals surface area contributed by atoms with Gasteiger partial charge in [0.05, 0.1) is 11.4 Å². The number of nitrogens with two attached hydrogens (primary N) is 1. The van der Waals surface area contributed by atoms with Crippen molar-refractivity contribution in [3.8, 4) is 22.7 Å². The number of oxime groups is 1. The van der Waals surface area contributed by atoms with E-state index in [9.17, 15) is 10.3 Å². The Morgan fingerprint density at radius 1 is 1.18 bits per heavy atom. The Labute approximate surface area is 163 Å². The van der Waals surface area contributed by atoms with Gasteiger partial charge in [0.2, 0.25) is 0 Å². The van der Waals surface area contributed by atoms with Gasteiger partial charge in [-0.3, -0.25) is 0 Å². The third kappa shape index (κ3) is 3.15. The summed E-state index contributed by atoms with van der Waals surface area (Å²) < 4.78 is 7.30. The van der Waals surface area contributed by atoms with Gasteiger partial charge in [-0.2, -0.15) is 0 Å². The number of hydrogen-bond donors (Lipinski definition) is 3. The van der Waals surface area contributed by atoms with Crippen molar-refractivity contribution in [2.24, 2.45) is 10.9 Å². The lowest BCUT2D eigenvalue weighted by molar-refractivity contribution is 0.318. The molecule has 146 valence electrons. The molecule has 0 bridgehead atoms. The van der Waals surface area contributed by atoms with Gasteiger partial charge in [-0.1, -0.05) is 22.0 Å². The van der Waals surface area contributed by atoms with Gasteiger partial charge in [0.1, 0.15) is 17.1 Å². The predicted molar refractivity (Wildman–Crippen MR) is 109 cm³/mol. The van der Waals surface area contributed by atoms with Crippen LogP contribution in [0.15, 0.2) is 39.5 Å². The van der Waals surface area contributed by atoms with Crippen LogP contribution in [-0.2, 0) is 0 Å². The average molecular weight is 380 g/mol. The standard InChI is InChI=1S/C21H24N4O3/c1-11(2)10-17-12(3)18(21(22)23-27)25(19-13(4)24-28-14(19)5)20(17)15-6-8-16(26)9-7-15/h6-10,26-27H,1-5H3,(H2,22,23). The number of phenols is 1. The van der Waals surface area contributed by atoms with Crippen molar-refractivity contribution in [3.63, 3.8) is 0 Å². The summed E-state index contributed by atoms with van der Waals surface area (Å²) in [7, 11) is 0. The first-order valence-corrected chi connectivity index (χ1v) is 8.87. The number of rotatable bonds is 4. The zero-order valence-corrected chi connectivity index (χ0v) is 16.6. The quantitative estimate of drug-likeness (QED) is 0.271. The second-order valence-electron chi connectivity index (χ2n) is 7.00. The Kier molecular flexibility index (Phi) is 5.00. The molecule has 0 aliphatic rings. The molecule has 0 amide bonds. The smallest absolute Gasteiger partial charge is 0.187 e. The first kappa shape index (κ1) is 19.3. The van der Waals surface area contributed by atoms with E-state index in [-0.39, 0.29) is 11.6 Å². The fourth-order valence-corrected chi connectivity index (χ4v) is 3.45. The number of nitrogens with zero attached hydrogens (tertiary/aromatic N) is 3. The molecule has 0 radical (unpaired) electrons. The lowest BCUT2D eigenvalue weighted by atomic mass is 10.0. The van der Waals surface area contributed by atoms with Crippen LogP contribution in [0.1, 0.15) is 42.1 Å². The van der Waals surface area contributed by atoms with Crippen LogP contribution >= 0.6 is 0 Å². The summed E-state index contributed by atoms with van der Waals surface area (Å²) in [5.74, 6) is 0.783. The van der Waals surface area contributed by atoms with Gasteiger partial charge in [0.15, 0.2) is 11.6 Å².